The Morgan fingerprint density at radius 2 is 0.735 bits per heavy atom. The molecule has 0 amide bonds. The van der Waals surface area contributed by atoms with Crippen molar-refractivity contribution in [1.82, 2.24) is 29.5 Å². The molecule has 0 saturated carbocycles. The summed E-state index contributed by atoms with van der Waals surface area (Å²) in [6.45, 7) is 0. The van der Waals surface area contributed by atoms with Crippen molar-refractivity contribution in [2.24, 2.45) is 0 Å². The highest BCUT2D eigenvalue weighted by Crippen LogP contribution is 2.38. The fourth-order valence-electron chi connectivity index (χ4n) is 6.33. The molecule has 3 aromatic heterocycles. The molecule has 6 nitrogen and oxygen atoms in total. The van der Waals surface area contributed by atoms with Crippen LogP contribution < -0.4 is 0 Å². The van der Waals surface area contributed by atoms with Gasteiger partial charge in [-0.2, -0.15) is 0 Å². The Morgan fingerprint density at radius 1 is 0.327 bits per heavy atom. The molecule has 230 valence electrons. The molecule has 0 radical (unpaired) electrons. The van der Waals surface area contributed by atoms with Crippen LogP contribution in [0, 0.1) is 0 Å². The first kappa shape index (κ1) is 28.4. The lowest BCUT2D eigenvalue weighted by molar-refractivity contribution is 1.07. The molecule has 0 bridgehead atoms. The molecule has 6 aromatic carbocycles. The molecule has 0 spiro atoms. The van der Waals surface area contributed by atoms with Gasteiger partial charge in [0.05, 0.1) is 16.6 Å². The minimum atomic E-state index is 0.602. The molecule has 3 heterocycles. The van der Waals surface area contributed by atoms with Crippen molar-refractivity contribution in [1.29, 1.82) is 0 Å². The average Bonchev–Trinajstić information content (AvgIpc) is 3.53. The van der Waals surface area contributed by atoms with Crippen molar-refractivity contribution in [3.05, 3.63) is 170 Å². The largest absolute Gasteiger partial charge is 0.294 e. The Balaban J connectivity index is 1.22. The molecule has 6 heteroatoms. The first-order chi connectivity index (χ1) is 24.3. The average molecular weight is 629 g/mol. The predicted molar refractivity (Wildman–Crippen MR) is 197 cm³/mol. The lowest BCUT2D eigenvalue weighted by Crippen LogP contribution is -2.01. The Morgan fingerprint density at radius 3 is 1.27 bits per heavy atom. The number of para-hydroxylation sites is 2. The van der Waals surface area contributed by atoms with E-state index in [9.17, 15) is 0 Å². The van der Waals surface area contributed by atoms with E-state index in [0.717, 1.165) is 61.1 Å². The SMILES string of the molecule is c1ccc(-c2nc(-c3ccccc3)nc(-c3ccc(-c4nc(-c5ccccc5)c5c6ccccc6n(-c6ccccc6)c5n4)cc3)n2)cc1. The Kier molecular flexibility index (Phi) is 7.02. The van der Waals surface area contributed by atoms with E-state index in [1.54, 1.807) is 0 Å². The van der Waals surface area contributed by atoms with Gasteiger partial charge in [0.25, 0.3) is 0 Å². The van der Waals surface area contributed by atoms with E-state index in [1.165, 1.54) is 0 Å². The van der Waals surface area contributed by atoms with Gasteiger partial charge in [-0.05, 0) is 18.2 Å². The third-order valence-corrected chi connectivity index (χ3v) is 8.68. The van der Waals surface area contributed by atoms with Gasteiger partial charge in [0, 0.05) is 38.9 Å². The van der Waals surface area contributed by atoms with Gasteiger partial charge in [-0.15, -0.1) is 0 Å². The van der Waals surface area contributed by atoms with Gasteiger partial charge in [0.2, 0.25) is 0 Å². The van der Waals surface area contributed by atoms with E-state index < -0.39 is 0 Å². The quantitative estimate of drug-likeness (QED) is 0.183. The monoisotopic (exact) mass is 628 g/mol. The fourth-order valence-corrected chi connectivity index (χ4v) is 6.33. The van der Waals surface area contributed by atoms with E-state index in [4.69, 9.17) is 24.9 Å². The van der Waals surface area contributed by atoms with E-state index in [-0.39, 0.29) is 0 Å². The van der Waals surface area contributed by atoms with Crippen molar-refractivity contribution < 1.29 is 0 Å². The molecular weight excluding hydrogens is 601 g/mol. The van der Waals surface area contributed by atoms with Gasteiger partial charge in [-0.25, -0.2) is 24.9 Å². The third kappa shape index (κ3) is 5.22. The lowest BCUT2D eigenvalue weighted by Gasteiger charge is -2.11. The minimum Gasteiger partial charge on any atom is -0.294 e. The van der Waals surface area contributed by atoms with Crippen LogP contribution in [-0.4, -0.2) is 29.5 Å². The van der Waals surface area contributed by atoms with Gasteiger partial charge in [0.1, 0.15) is 5.65 Å². The standard InChI is InChI=1S/C43H28N6/c1-5-15-29(16-6-1)38-37-35-23-13-14-24-36(35)49(34-21-11-4-12-22-34)43(37)48-39(44-38)32-25-27-33(28-26-32)42-46-40(30-17-7-2-8-18-30)45-41(47-42)31-19-9-3-10-20-31/h1-28H. The molecule has 0 saturated heterocycles. The van der Waals surface area contributed by atoms with Crippen LogP contribution in [0.15, 0.2) is 170 Å². The zero-order chi connectivity index (χ0) is 32.6. The molecule has 0 aliphatic heterocycles. The van der Waals surface area contributed by atoms with E-state index in [2.05, 4.69) is 89.5 Å². The van der Waals surface area contributed by atoms with Crippen LogP contribution in [-0.2, 0) is 0 Å². The van der Waals surface area contributed by atoms with Crippen LogP contribution in [0.2, 0.25) is 0 Å². The van der Waals surface area contributed by atoms with Crippen LogP contribution in [0.1, 0.15) is 0 Å². The van der Waals surface area contributed by atoms with Gasteiger partial charge in [0.15, 0.2) is 23.3 Å². The first-order valence-electron chi connectivity index (χ1n) is 16.2. The molecule has 0 atom stereocenters. The van der Waals surface area contributed by atoms with Gasteiger partial charge in [-0.1, -0.05) is 152 Å². The fraction of sp³-hybridized carbons (Fsp3) is 0. The van der Waals surface area contributed by atoms with Crippen molar-refractivity contribution >= 4 is 21.9 Å². The highest BCUT2D eigenvalue weighted by molar-refractivity contribution is 6.14. The van der Waals surface area contributed by atoms with E-state index in [0.29, 0.717) is 23.3 Å². The van der Waals surface area contributed by atoms with Crippen molar-refractivity contribution in [3.63, 3.8) is 0 Å². The van der Waals surface area contributed by atoms with Gasteiger partial charge >= 0.3 is 0 Å². The van der Waals surface area contributed by atoms with Crippen LogP contribution in [0.3, 0.4) is 0 Å². The van der Waals surface area contributed by atoms with Crippen molar-refractivity contribution in [2.75, 3.05) is 0 Å². The molecule has 0 fully saturated rings. The lowest BCUT2D eigenvalue weighted by atomic mass is 10.1. The third-order valence-electron chi connectivity index (χ3n) is 8.68. The summed E-state index contributed by atoms with van der Waals surface area (Å²) in [5.74, 6) is 2.50. The summed E-state index contributed by atoms with van der Waals surface area (Å²) in [6, 6.07) is 57.4. The molecule has 0 aliphatic carbocycles. The number of benzene rings is 6. The number of nitrogens with zero attached hydrogens (tertiary/aromatic N) is 6. The van der Waals surface area contributed by atoms with E-state index >= 15 is 0 Å². The molecular formula is C43H28N6. The van der Waals surface area contributed by atoms with Gasteiger partial charge < -0.3 is 0 Å². The molecule has 0 N–H and O–H groups in total. The molecule has 0 unspecified atom stereocenters. The van der Waals surface area contributed by atoms with Crippen LogP contribution >= 0.6 is 0 Å². The highest BCUT2D eigenvalue weighted by atomic mass is 15.1. The number of rotatable bonds is 6. The number of hydrogen-bond acceptors (Lipinski definition) is 5. The summed E-state index contributed by atoms with van der Waals surface area (Å²) in [5.41, 5.74) is 8.57. The van der Waals surface area contributed by atoms with Crippen LogP contribution in [0.25, 0.3) is 84.4 Å². The summed E-state index contributed by atoms with van der Waals surface area (Å²) in [4.78, 5) is 25.2. The van der Waals surface area contributed by atoms with Crippen LogP contribution in [0.4, 0.5) is 0 Å². The first-order valence-corrected chi connectivity index (χ1v) is 16.2. The predicted octanol–water partition coefficient (Wildman–Crippen LogP) is 10.1. The second-order valence-corrected chi connectivity index (χ2v) is 11.8. The van der Waals surface area contributed by atoms with Crippen LogP contribution in [0.5, 0.6) is 0 Å². The zero-order valence-corrected chi connectivity index (χ0v) is 26.3. The number of hydrogen-bond donors (Lipinski definition) is 0. The maximum atomic E-state index is 5.27. The van der Waals surface area contributed by atoms with Crippen molar-refractivity contribution in [3.8, 4) is 62.5 Å². The molecule has 0 aliphatic rings. The highest BCUT2D eigenvalue weighted by Gasteiger charge is 2.21. The normalized spacial score (nSPS) is 11.3. The summed E-state index contributed by atoms with van der Waals surface area (Å²) < 4.78 is 2.23. The van der Waals surface area contributed by atoms with E-state index in [1.807, 2.05) is 84.9 Å². The summed E-state index contributed by atoms with van der Waals surface area (Å²) in [7, 11) is 0. The topological polar surface area (TPSA) is 69.4 Å². The summed E-state index contributed by atoms with van der Waals surface area (Å²) >= 11 is 0. The Bertz CT molecular complexity index is 2510. The Hall–Kier alpha value is -6.79. The maximum absolute atomic E-state index is 5.27. The number of aromatic nitrogens is 6. The Labute approximate surface area is 283 Å². The second-order valence-electron chi connectivity index (χ2n) is 11.8. The minimum absolute atomic E-state index is 0.602. The maximum Gasteiger partial charge on any atom is 0.164 e. The molecule has 9 rings (SSSR count). The van der Waals surface area contributed by atoms with Gasteiger partial charge in [-0.3, -0.25) is 4.57 Å². The summed E-state index contributed by atoms with van der Waals surface area (Å²) in [6.07, 6.45) is 0. The smallest absolute Gasteiger partial charge is 0.164 e. The number of fused-ring (bicyclic) bond motifs is 3. The molecule has 9 aromatic rings. The summed E-state index contributed by atoms with van der Waals surface area (Å²) in [5, 5.41) is 2.14. The second kappa shape index (κ2) is 12.1. The molecule has 49 heavy (non-hydrogen) atoms. The zero-order valence-electron chi connectivity index (χ0n) is 26.3. The van der Waals surface area contributed by atoms with Crippen molar-refractivity contribution in [2.45, 2.75) is 0 Å².